The molecule has 4 rings (SSSR count). The number of carbonyl (C=O) groups is 2. The molecule has 8 heteroatoms. The summed E-state index contributed by atoms with van der Waals surface area (Å²) in [6, 6.07) is 7.63. The predicted octanol–water partition coefficient (Wildman–Crippen LogP) is 0.902. The molecule has 2 amide bonds. The van der Waals surface area contributed by atoms with Gasteiger partial charge in [0.15, 0.2) is 0 Å². The van der Waals surface area contributed by atoms with Crippen molar-refractivity contribution in [1.29, 1.82) is 0 Å². The number of amides is 2. The molecule has 0 radical (unpaired) electrons. The summed E-state index contributed by atoms with van der Waals surface area (Å²) >= 11 is 0. The van der Waals surface area contributed by atoms with Crippen molar-refractivity contribution in [3.8, 4) is 5.75 Å². The molecular weight excluding hydrogens is 386 g/mol. The van der Waals surface area contributed by atoms with Gasteiger partial charge in [-0.2, -0.15) is 0 Å². The van der Waals surface area contributed by atoms with Gasteiger partial charge in [0.1, 0.15) is 5.75 Å². The van der Waals surface area contributed by atoms with Crippen molar-refractivity contribution < 1.29 is 23.8 Å². The first kappa shape index (κ1) is 21.1. The van der Waals surface area contributed by atoms with Crippen molar-refractivity contribution in [2.24, 2.45) is 11.8 Å². The minimum absolute atomic E-state index is 0.0303. The van der Waals surface area contributed by atoms with Gasteiger partial charge in [0, 0.05) is 62.9 Å². The van der Waals surface area contributed by atoms with Gasteiger partial charge in [0.25, 0.3) is 0 Å². The lowest BCUT2D eigenvalue weighted by Crippen LogP contribution is -2.53. The fraction of sp³-hybridized carbons (Fsp3) is 0.636. The molecule has 30 heavy (non-hydrogen) atoms. The number of anilines is 1. The molecule has 1 N–H and O–H groups in total. The van der Waals surface area contributed by atoms with E-state index in [1.165, 1.54) is 0 Å². The van der Waals surface area contributed by atoms with Crippen LogP contribution in [0.4, 0.5) is 5.69 Å². The number of carbonyl (C=O) groups excluding carboxylic acids is 2. The highest BCUT2D eigenvalue weighted by Crippen LogP contribution is 2.28. The van der Waals surface area contributed by atoms with Crippen molar-refractivity contribution in [2.45, 2.75) is 18.9 Å². The number of benzene rings is 1. The summed E-state index contributed by atoms with van der Waals surface area (Å²) in [6.07, 6.45) is 1.25. The van der Waals surface area contributed by atoms with Crippen molar-refractivity contribution in [2.75, 3.05) is 64.6 Å². The first-order valence-corrected chi connectivity index (χ1v) is 10.8. The minimum atomic E-state index is -0.339. The second-order valence-corrected chi connectivity index (χ2v) is 8.19. The van der Waals surface area contributed by atoms with Gasteiger partial charge in [-0.25, -0.2) is 0 Å². The van der Waals surface area contributed by atoms with E-state index in [9.17, 15) is 9.59 Å². The number of ether oxygens (including phenoxy) is 3. The number of nitrogens with one attached hydrogen (secondary N) is 1. The molecule has 3 atom stereocenters. The molecule has 1 aromatic rings. The van der Waals surface area contributed by atoms with Crippen LogP contribution in [0.25, 0.3) is 0 Å². The van der Waals surface area contributed by atoms with Crippen LogP contribution in [-0.2, 0) is 19.1 Å². The summed E-state index contributed by atoms with van der Waals surface area (Å²) in [5.41, 5.74) is 0.768. The van der Waals surface area contributed by atoms with Crippen LogP contribution >= 0.6 is 0 Å². The molecule has 3 aliphatic rings. The van der Waals surface area contributed by atoms with E-state index in [4.69, 9.17) is 14.2 Å². The summed E-state index contributed by atoms with van der Waals surface area (Å²) in [5.74, 6) is 0.694. The summed E-state index contributed by atoms with van der Waals surface area (Å²) in [7, 11) is 1.60. The SMILES string of the molecule is COc1cccc(N2CC(C(=O)NCC(C3CCOC3)N3CCOCC3)CC2=O)c1. The van der Waals surface area contributed by atoms with Crippen molar-refractivity contribution >= 4 is 17.5 Å². The average molecular weight is 418 g/mol. The van der Waals surface area contributed by atoms with Crippen LogP contribution < -0.4 is 15.0 Å². The number of methoxy groups -OCH3 is 1. The monoisotopic (exact) mass is 417 g/mol. The van der Waals surface area contributed by atoms with Crippen molar-refractivity contribution in [1.82, 2.24) is 10.2 Å². The highest BCUT2D eigenvalue weighted by Gasteiger charge is 2.37. The lowest BCUT2D eigenvalue weighted by atomic mass is 9.96. The summed E-state index contributed by atoms with van der Waals surface area (Å²) in [5, 5.41) is 3.13. The Morgan fingerprint density at radius 1 is 1.27 bits per heavy atom. The maximum absolute atomic E-state index is 12.9. The fourth-order valence-electron chi connectivity index (χ4n) is 4.62. The molecule has 0 aromatic heterocycles. The molecule has 0 bridgehead atoms. The van der Waals surface area contributed by atoms with Gasteiger partial charge in [0.05, 0.1) is 32.8 Å². The zero-order valence-electron chi connectivity index (χ0n) is 17.5. The molecule has 3 unspecified atom stereocenters. The Bertz CT molecular complexity index is 746. The van der Waals surface area contributed by atoms with Crippen molar-refractivity contribution in [3.63, 3.8) is 0 Å². The Morgan fingerprint density at radius 3 is 2.83 bits per heavy atom. The van der Waals surface area contributed by atoms with E-state index in [2.05, 4.69) is 10.2 Å². The number of nitrogens with zero attached hydrogens (tertiary/aromatic N) is 2. The van der Waals surface area contributed by atoms with E-state index in [1.807, 2.05) is 24.3 Å². The van der Waals surface area contributed by atoms with Gasteiger partial charge >= 0.3 is 0 Å². The molecule has 3 aliphatic heterocycles. The quantitative estimate of drug-likeness (QED) is 0.710. The summed E-state index contributed by atoms with van der Waals surface area (Å²) < 4.78 is 16.3. The smallest absolute Gasteiger partial charge is 0.227 e. The second-order valence-electron chi connectivity index (χ2n) is 8.19. The Hall–Kier alpha value is -2.16. The van der Waals surface area contributed by atoms with E-state index in [0.29, 0.717) is 24.8 Å². The van der Waals surface area contributed by atoms with E-state index in [-0.39, 0.29) is 30.2 Å². The van der Waals surface area contributed by atoms with Gasteiger partial charge in [-0.05, 0) is 18.6 Å². The first-order valence-electron chi connectivity index (χ1n) is 10.8. The lowest BCUT2D eigenvalue weighted by Gasteiger charge is -2.37. The van der Waals surface area contributed by atoms with Crippen LogP contribution in [0.5, 0.6) is 5.75 Å². The standard InChI is InChI=1S/C22H31N3O5/c1-28-19-4-2-3-18(12-19)25-14-17(11-21(25)26)22(27)23-13-20(16-5-8-30-15-16)24-6-9-29-10-7-24/h2-4,12,16-17,20H,5-11,13-15H2,1H3,(H,23,27). The highest BCUT2D eigenvalue weighted by molar-refractivity contribution is 6.00. The molecule has 0 saturated carbocycles. The van der Waals surface area contributed by atoms with Gasteiger partial charge < -0.3 is 24.4 Å². The zero-order valence-corrected chi connectivity index (χ0v) is 17.5. The topological polar surface area (TPSA) is 80.3 Å². The number of hydrogen-bond donors (Lipinski definition) is 1. The molecule has 3 saturated heterocycles. The third-order valence-corrected chi connectivity index (χ3v) is 6.37. The Balaban J connectivity index is 1.36. The highest BCUT2D eigenvalue weighted by atomic mass is 16.5. The molecular formula is C22H31N3O5. The Kier molecular flexibility index (Phi) is 6.86. The lowest BCUT2D eigenvalue weighted by molar-refractivity contribution is -0.126. The van der Waals surface area contributed by atoms with Crippen LogP contribution in [0.15, 0.2) is 24.3 Å². The third-order valence-electron chi connectivity index (χ3n) is 6.37. The van der Waals surface area contributed by atoms with Crippen LogP contribution in [0, 0.1) is 11.8 Å². The minimum Gasteiger partial charge on any atom is -0.497 e. The number of morpholine rings is 1. The maximum atomic E-state index is 12.9. The van der Waals surface area contributed by atoms with E-state index < -0.39 is 0 Å². The van der Waals surface area contributed by atoms with Gasteiger partial charge in [-0.3, -0.25) is 14.5 Å². The van der Waals surface area contributed by atoms with Crippen LogP contribution in [0.2, 0.25) is 0 Å². The third kappa shape index (κ3) is 4.77. The van der Waals surface area contributed by atoms with E-state index in [1.54, 1.807) is 12.0 Å². The molecule has 3 heterocycles. The summed E-state index contributed by atoms with van der Waals surface area (Å²) in [4.78, 5) is 29.5. The molecule has 0 spiro atoms. The average Bonchev–Trinajstić information content (AvgIpc) is 3.45. The second kappa shape index (κ2) is 9.76. The first-order chi connectivity index (χ1) is 14.7. The number of hydrogen-bond acceptors (Lipinski definition) is 6. The van der Waals surface area contributed by atoms with Gasteiger partial charge in [0.2, 0.25) is 11.8 Å². The number of rotatable bonds is 7. The van der Waals surface area contributed by atoms with E-state index in [0.717, 1.165) is 51.6 Å². The summed E-state index contributed by atoms with van der Waals surface area (Å²) in [6.45, 7) is 5.71. The van der Waals surface area contributed by atoms with Crippen LogP contribution in [-0.4, -0.2) is 82.5 Å². The molecule has 8 nitrogen and oxygen atoms in total. The molecule has 0 aliphatic carbocycles. The maximum Gasteiger partial charge on any atom is 0.227 e. The van der Waals surface area contributed by atoms with Crippen LogP contribution in [0.3, 0.4) is 0 Å². The fourth-order valence-corrected chi connectivity index (χ4v) is 4.62. The van der Waals surface area contributed by atoms with Gasteiger partial charge in [-0.1, -0.05) is 6.07 Å². The normalized spacial score (nSPS) is 26.0. The Labute approximate surface area is 177 Å². The van der Waals surface area contributed by atoms with Crippen molar-refractivity contribution in [3.05, 3.63) is 24.3 Å². The molecule has 164 valence electrons. The predicted molar refractivity (Wildman–Crippen MR) is 112 cm³/mol. The zero-order chi connectivity index (χ0) is 20.9. The van der Waals surface area contributed by atoms with E-state index >= 15 is 0 Å². The molecule has 1 aromatic carbocycles. The van der Waals surface area contributed by atoms with Gasteiger partial charge in [-0.15, -0.1) is 0 Å². The largest absolute Gasteiger partial charge is 0.497 e. The van der Waals surface area contributed by atoms with Crippen LogP contribution in [0.1, 0.15) is 12.8 Å². The Morgan fingerprint density at radius 2 is 2.10 bits per heavy atom. The molecule has 3 fully saturated rings.